The quantitative estimate of drug-likeness (QED) is 0.846. The number of halogens is 3. The molecule has 1 saturated heterocycles. The number of piperidine rings is 1. The van der Waals surface area contributed by atoms with Gasteiger partial charge < -0.3 is 10.1 Å². The van der Waals surface area contributed by atoms with Crippen molar-refractivity contribution in [2.75, 3.05) is 13.1 Å². The molecule has 2 rings (SSSR count). The molecule has 0 spiro atoms. The highest BCUT2D eigenvalue weighted by Crippen LogP contribution is 2.30. The molecule has 5 heteroatoms. The summed E-state index contributed by atoms with van der Waals surface area (Å²) in [5.74, 6) is 0.518. The fraction of sp³-hybridized carbons (Fsp3) is 0.500. The van der Waals surface area contributed by atoms with Gasteiger partial charge in [-0.25, -0.2) is 0 Å². The number of alkyl halides is 3. The number of nitrogens with two attached hydrogens (primary N) is 1. The molecule has 0 bridgehead atoms. The standard InChI is InChI=1S/C12H14F3NO/c13-12(14,15)9-1-3-10(4-2-9)17-11-5-7-16-8-6-11/h1-4,11,16H,5-8H2/p+1. The molecule has 0 aromatic heterocycles. The highest BCUT2D eigenvalue weighted by molar-refractivity contribution is 5.29. The Balaban J connectivity index is 1.98. The molecule has 1 heterocycles. The second-order valence-electron chi connectivity index (χ2n) is 4.21. The molecule has 1 aliphatic heterocycles. The molecule has 17 heavy (non-hydrogen) atoms. The van der Waals surface area contributed by atoms with Gasteiger partial charge in [0.1, 0.15) is 11.9 Å². The zero-order valence-corrected chi connectivity index (χ0v) is 9.33. The Labute approximate surface area is 97.8 Å². The first kappa shape index (κ1) is 12.2. The Morgan fingerprint density at radius 2 is 1.65 bits per heavy atom. The molecule has 0 unspecified atom stereocenters. The maximum absolute atomic E-state index is 12.3. The summed E-state index contributed by atoms with van der Waals surface area (Å²) in [6.45, 7) is 2.04. The maximum Gasteiger partial charge on any atom is 0.416 e. The highest BCUT2D eigenvalue weighted by atomic mass is 19.4. The summed E-state index contributed by atoms with van der Waals surface area (Å²) in [6.07, 6.45) is -2.25. The second kappa shape index (κ2) is 4.96. The third-order valence-electron chi connectivity index (χ3n) is 2.87. The number of hydrogen-bond acceptors (Lipinski definition) is 1. The SMILES string of the molecule is FC(F)(F)c1ccc(OC2CC[NH2+]CC2)cc1. The van der Waals surface area contributed by atoms with Crippen LogP contribution in [0, 0.1) is 0 Å². The Bertz CT molecular complexity index is 355. The van der Waals surface area contributed by atoms with Crippen molar-refractivity contribution in [3.8, 4) is 5.75 Å². The van der Waals surface area contributed by atoms with Crippen molar-refractivity contribution in [2.24, 2.45) is 0 Å². The van der Waals surface area contributed by atoms with E-state index in [1.54, 1.807) is 0 Å². The Hall–Kier alpha value is -1.23. The third kappa shape index (κ3) is 3.36. The van der Waals surface area contributed by atoms with E-state index in [-0.39, 0.29) is 6.10 Å². The molecule has 2 nitrogen and oxygen atoms in total. The maximum atomic E-state index is 12.3. The highest BCUT2D eigenvalue weighted by Gasteiger charge is 2.30. The van der Waals surface area contributed by atoms with Crippen molar-refractivity contribution in [3.05, 3.63) is 29.8 Å². The molecule has 94 valence electrons. The van der Waals surface area contributed by atoms with E-state index < -0.39 is 11.7 Å². The van der Waals surface area contributed by atoms with Gasteiger partial charge in [-0.05, 0) is 24.3 Å². The molecule has 0 radical (unpaired) electrons. The van der Waals surface area contributed by atoms with E-state index in [4.69, 9.17) is 4.74 Å². The molecule has 0 amide bonds. The van der Waals surface area contributed by atoms with Gasteiger partial charge in [0.2, 0.25) is 0 Å². The van der Waals surface area contributed by atoms with Gasteiger partial charge >= 0.3 is 6.18 Å². The summed E-state index contributed by atoms with van der Waals surface area (Å²) >= 11 is 0. The fourth-order valence-electron chi connectivity index (χ4n) is 1.93. The summed E-state index contributed by atoms with van der Waals surface area (Å²) in [5, 5.41) is 2.21. The first-order valence-electron chi connectivity index (χ1n) is 5.71. The summed E-state index contributed by atoms with van der Waals surface area (Å²) in [6, 6.07) is 4.90. The van der Waals surface area contributed by atoms with Crippen LogP contribution >= 0.6 is 0 Å². The lowest BCUT2D eigenvalue weighted by molar-refractivity contribution is -0.664. The molecule has 1 aromatic rings. The molecule has 2 N–H and O–H groups in total. The first-order chi connectivity index (χ1) is 8.05. The summed E-state index contributed by atoms with van der Waals surface area (Å²) in [4.78, 5) is 0. The van der Waals surface area contributed by atoms with Crippen LogP contribution in [0.25, 0.3) is 0 Å². The smallest absolute Gasteiger partial charge is 0.416 e. The van der Waals surface area contributed by atoms with Crippen LogP contribution < -0.4 is 10.1 Å². The third-order valence-corrected chi connectivity index (χ3v) is 2.87. The predicted molar refractivity (Wildman–Crippen MR) is 56.8 cm³/mol. The molecule has 1 aliphatic rings. The largest absolute Gasteiger partial charge is 0.490 e. The van der Waals surface area contributed by atoms with E-state index in [1.807, 2.05) is 0 Å². The van der Waals surface area contributed by atoms with Crippen molar-refractivity contribution in [2.45, 2.75) is 25.1 Å². The van der Waals surface area contributed by atoms with Crippen molar-refractivity contribution in [1.82, 2.24) is 0 Å². The van der Waals surface area contributed by atoms with Crippen LogP contribution in [0.3, 0.4) is 0 Å². The van der Waals surface area contributed by atoms with Gasteiger partial charge in [-0.1, -0.05) is 0 Å². The van der Waals surface area contributed by atoms with Crippen molar-refractivity contribution >= 4 is 0 Å². The monoisotopic (exact) mass is 246 g/mol. The van der Waals surface area contributed by atoms with E-state index in [0.29, 0.717) is 5.75 Å². The van der Waals surface area contributed by atoms with Crippen LogP contribution in [-0.4, -0.2) is 19.2 Å². The number of ether oxygens (including phenoxy) is 1. The van der Waals surface area contributed by atoms with Crippen LogP contribution in [0.2, 0.25) is 0 Å². The summed E-state index contributed by atoms with van der Waals surface area (Å²) < 4.78 is 42.6. The van der Waals surface area contributed by atoms with E-state index in [1.165, 1.54) is 12.1 Å². The van der Waals surface area contributed by atoms with Crippen molar-refractivity contribution < 1.29 is 23.2 Å². The molecular weight excluding hydrogens is 231 g/mol. The van der Waals surface area contributed by atoms with Crippen LogP contribution in [0.1, 0.15) is 18.4 Å². The minimum atomic E-state index is -4.28. The lowest BCUT2D eigenvalue weighted by Gasteiger charge is -2.22. The lowest BCUT2D eigenvalue weighted by atomic mass is 10.1. The van der Waals surface area contributed by atoms with Crippen molar-refractivity contribution in [1.29, 1.82) is 0 Å². The van der Waals surface area contributed by atoms with Crippen LogP contribution in [0.5, 0.6) is 5.75 Å². The van der Waals surface area contributed by atoms with Gasteiger partial charge in [0.15, 0.2) is 0 Å². The summed E-state index contributed by atoms with van der Waals surface area (Å²) in [5.41, 5.74) is -0.637. The van der Waals surface area contributed by atoms with Crippen LogP contribution in [0.4, 0.5) is 13.2 Å². The molecular formula is C12H15F3NO+. The number of quaternary nitrogens is 1. The van der Waals surface area contributed by atoms with Crippen LogP contribution in [-0.2, 0) is 6.18 Å². The Morgan fingerprint density at radius 1 is 1.06 bits per heavy atom. The molecule has 1 aromatic carbocycles. The van der Waals surface area contributed by atoms with E-state index in [9.17, 15) is 13.2 Å². The normalized spacial score (nSPS) is 18.1. The number of rotatable bonds is 2. The van der Waals surface area contributed by atoms with Gasteiger partial charge in [-0.15, -0.1) is 0 Å². The van der Waals surface area contributed by atoms with Gasteiger partial charge in [0.25, 0.3) is 0 Å². The van der Waals surface area contributed by atoms with Gasteiger partial charge in [-0.2, -0.15) is 13.2 Å². The van der Waals surface area contributed by atoms with Gasteiger partial charge in [0, 0.05) is 12.8 Å². The average molecular weight is 246 g/mol. The number of benzene rings is 1. The minimum Gasteiger partial charge on any atom is -0.490 e. The predicted octanol–water partition coefficient (Wildman–Crippen LogP) is 1.81. The van der Waals surface area contributed by atoms with Gasteiger partial charge in [0.05, 0.1) is 18.7 Å². The molecule has 0 atom stereocenters. The summed E-state index contributed by atoms with van der Waals surface area (Å²) in [7, 11) is 0. The first-order valence-corrected chi connectivity index (χ1v) is 5.71. The Kier molecular flexibility index (Phi) is 3.57. The number of hydrogen-bond donors (Lipinski definition) is 1. The zero-order valence-electron chi connectivity index (χ0n) is 9.33. The van der Waals surface area contributed by atoms with Gasteiger partial charge in [-0.3, -0.25) is 0 Å². The van der Waals surface area contributed by atoms with Crippen LogP contribution in [0.15, 0.2) is 24.3 Å². The van der Waals surface area contributed by atoms with E-state index >= 15 is 0 Å². The zero-order chi connectivity index (χ0) is 12.3. The fourth-order valence-corrected chi connectivity index (χ4v) is 1.93. The molecule has 0 saturated carbocycles. The lowest BCUT2D eigenvalue weighted by Crippen LogP contribution is -2.86. The molecule has 1 fully saturated rings. The van der Waals surface area contributed by atoms with E-state index in [0.717, 1.165) is 38.1 Å². The molecule has 0 aliphatic carbocycles. The topological polar surface area (TPSA) is 25.8 Å². The average Bonchev–Trinajstić information content (AvgIpc) is 2.30. The second-order valence-corrected chi connectivity index (χ2v) is 4.21. The van der Waals surface area contributed by atoms with E-state index in [2.05, 4.69) is 5.32 Å². The van der Waals surface area contributed by atoms with Crippen molar-refractivity contribution in [3.63, 3.8) is 0 Å². The minimum absolute atomic E-state index is 0.136. The Morgan fingerprint density at radius 3 is 2.18 bits per heavy atom.